The van der Waals surface area contributed by atoms with Gasteiger partial charge in [0.15, 0.2) is 0 Å². The zero-order chi connectivity index (χ0) is 15.9. The highest BCUT2D eigenvalue weighted by atomic mass is 16.6. The topological polar surface area (TPSA) is 55.6 Å². The fourth-order valence-corrected chi connectivity index (χ4v) is 3.51. The van der Waals surface area contributed by atoms with E-state index in [9.17, 15) is 4.79 Å². The van der Waals surface area contributed by atoms with Crippen LogP contribution in [0.3, 0.4) is 0 Å². The first-order valence-corrected chi connectivity index (χ1v) is 8.17. The van der Waals surface area contributed by atoms with Crippen LogP contribution in [-0.2, 0) is 11.2 Å². The van der Waals surface area contributed by atoms with Crippen LogP contribution in [0.4, 0.5) is 10.5 Å². The maximum Gasteiger partial charge on any atom is 0.410 e. The van der Waals surface area contributed by atoms with Gasteiger partial charge in [0.1, 0.15) is 5.60 Å². The normalized spacial score (nSPS) is 27.2. The Labute approximate surface area is 132 Å². The molecule has 22 heavy (non-hydrogen) atoms. The predicted molar refractivity (Wildman–Crippen MR) is 87.5 cm³/mol. The average molecular weight is 302 g/mol. The van der Waals surface area contributed by atoms with Gasteiger partial charge >= 0.3 is 6.09 Å². The smallest absolute Gasteiger partial charge is 0.410 e. The molecule has 0 bridgehead atoms. The molecule has 4 nitrogen and oxygen atoms in total. The monoisotopic (exact) mass is 302 g/mol. The van der Waals surface area contributed by atoms with E-state index in [-0.39, 0.29) is 6.09 Å². The number of carbonyl (C=O) groups is 1. The largest absolute Gasteiger partial charge is 0.444 e. The van der Waals surface area contributed by atoms with Crippen molar-refractivity contribution in [1.82, 2.24) is 4.90 Å². The van der Waals surface area contributed by atoms with Crippen molar-refractivity contribution in [3.63, 3.8) is 0 Å². The highest BCUT2D eigenvalue weighted by molar-refractivity contribution is 5.69. The van der Waals surface area contributed by atoms with E-state index in [1.165, 1.54) is 5.56 Å². The first kappa shape index (κ1) is 15.2. The van der Waals surface area contributed by atoms with Gasteiger partial charge in [0.2, 0.25) is 0 Å². The number of hydrogen-bond donors (Lipinski definition) is 1. The second-order valence-corrected chi connectivity index (χ2v) is 7.64. The number of carbonyl (C=O) groups excluding carboxylic acids is 1. The molecule has 1 saturated carbocycles. The molecule has 1 aromatic rings. The zero-order valence-corrected chi connectivity index (χ0v) is 13.7. The van der Waals surface area contributed by atoms with E-state index in [0.717, 1.165) is 31.5 Å². The highest BCUT2D eigenvalue weighted by Gasteiger charge is 2.51. The number of hydrogen-bond acceptors (Lipinski definition) is 3. The van der Waals surface area contributed by atoms with Gasteiger partial charge in [-0.2, -0.15) is 0 Å². The van der Waals surface area contributed by atoms with Gasteiger partial charge in [-0.05, 0) is 69.6 Å². The Morgan fingerprint density at radius 3 is 2.64 bits per heavy atom. The van der Waals surface area contributed by atoms with Gasteiger partial charge in [0.05, 0.1) is 0 Å². The number of nitrogens with two attached hydrogens (primary N) is 1. The van der Waals surface area contributed by atoms with Crippen molar-refractivity contribution in [2.45, 2.75) is 51.7 Å². The van der Waals surface area contributed by atoms with Crippen LogP contribution >= 0.6 is 0 Å². The number of likely N-dealkylation sites (tertiary alicyclic amines) is 1. The Kier molecular flexibility index (Phi) is 3.79. The van der Waals surface area contributed by atoms with E-state index in [1.807, 2.05) is 37.8 Å². The third-order valence-corrected chi connectivity index (χ3v) is 4.66. The van der Waals surface area contributed by atoms with Crippen molar-refractivity contribution >= 4 is 11.8 Å². The van der Waals surface area contributed by atoms with Crippen LogP contribution in [0.15, 0.2) is 24.3 Å². The number of nitrogen functional groups attached to an aromatic ring is 1. The zero-order valence-electron chi connectivity index (χ0n) is 13.7. The maximum atomic E-state index is 12.2. The number of rotatable bonds is 2. The molecule has 120 valence electrons. The first-order chi connectivity index (χ1) is 10.3. The summed E-state index contributed by atoms with van der Waals surface area (Å²) >= 11 is 0. The van der Waals surface area contributed by atoms with Gasteiger partial charge in [-0.15, -0.1) is 0 Å². The summed E-state index contributed by atoms with van der Waals surface area (Å²) < 4.78 is 5.51. The highest BCUT2D eigenvalue weighted by Crippen LogP contribution is 2.48. The summed E-state index contributed by atoms with van der Waals surface area (Å²) in [5.74, 6) is 1.31. The predicted octanol–water partition coefficient (Wildman–Crippen LogP) is 3.46. The van der Waals surface area contributed by atoms with Gasteiger partial charge in [-0.3, -0.25) is 0 Å². The molecular weight excluding hydrogens is 276 g/mol. The molecule has 1 aromatic carbocycles. The summed E-state index contributed by atoms with van der Waals surface area (Å²) in [6.45, 7) is 6.57. The molecule has 2 fully saturated rings. The maximum absolute atomic E-state index is 12.2. The number of piperidine rings is 1. The summed E-state index contributed by atoms with van der Waals surface area (Å²) in [4.78, 5) is 14.2. The van der Waals surface area contributed by atoms with Crippen molar-refractivity contribution in [1.29, 1.82) is 0 Å². The Hall–Kier alpha value is -1.71. The molecule has 3 unspecified atom stereocenters. The summed E-state index contributed by atoms with van der Waals surface area (Å²) in [6, 6.07) is 8.56. The number of fused-ring (bicyclic) bond motifs is 1. The molecule has 2 aliphatic rings. The standard InChI is InChI=1S/C18H26N2O2/c1-18(2,3)22-17(21)20-9-8-13(15-11-16(15)20)10-12-4-6-14(19)7-5-12/h4-7,13,15-16H,8-11,19H2,1-3H3. The van der Waals surface area contributed by atoms with Gasteiger partial charge in [-0.1, -0.05) is 12.1 Å². The van der Waals surface area contributed by atoms with Crippen LogP contribution in [-0.4, -0.2) is 29.2 Å². The summed E-state index contributed by atoms with van der Waals surface area (Å²) in [5, 5.41) is 0. The number of amides is 1. The lowest BCUT2D eigenvalue weighted by atomic mass is 9.89. The Morgan fingerprint density at radius 2 is 2.00 bits per heavy atom. The molecule has 4 heteroatoms. The van der Waals surface area contributed by atoms with E-state index in [1.54, 1.807) is 0 Å². The molecule has 2 N–H and O–H groups in total. The van der Waals surface area contributed by atoms with Crippen molar-refractivity contribution in [3.05, 3.63) is 29.8 Å². The van der Waals surface area contributed by atoms with Crippen LogP contribution in [0.5, 0.6) is 0 Å². The van der Waals surface area contributed by atoms with Crippen LogP contribution in [0.25, 0.3) is 0 Å². The van der Waals surface area contributed by atoms with Crippen LogP contribution in [0, 0.1) is 11.8 Å². The third kappa shape index (κ3) is 3.37. The molecule has 0 spiro atoms. The van der Waals surface area contributed by atoms with Crippen molar-refractivity contribution in [2.24, 2.45) is 11.8 Å². The second kappa shape index (κ2) is 5.49. The van der Waals surface area contributed by atoms with E-state index < -0.39 is 5.60 Å². The molecule has 3 rings (SSSR count). The summed E-state index contributed by atoms with van der Waals surface area (Å²) in [5.41, 5.74) is 7.48. The third-order valence-electron chi connectivity index (χ3n) is 4.66. The minimum atomic E-state index is -0.414. The summed E-state index contributed by atoms with van der Waals surface area (Å²) in [7, 11) is 0. The van der Waals surface area contributed by atoms with Gasteiger partial charge in [-0.25, -0.2) is 4.79 Å². The number of benzene rings is 1. The number of nitrogens with zero attached hydrogens (tertiary/aromatic N) is 1. The molecule has 1 saturated heterocycles. The van der Waals surface area contributed by atoms with Crippen molar-refractivity contribution in [2.75, 3.05) is 12.3 Å². The molecule has 1 aliphatic carbocycles. The first-order valence-electron chi connectivity index (χ1n) is 8.17. The van der Waals surface area contributed by atoms with Crippen molar-refractivity contribution in [3.8, 4) is 0 Å². The average Bonchev–Trinajstić information content (AvgIpc) is 3.20. The molecule has 1 amide bonds. The Balaban J connectivity index is 1.57. The molecule has 1 heterocycles. The minimum Gasteiger partial charge on any atom is -0.444 e. The van der Waals surface area contributed by atoms with E-state index in [0.29, 0.717) is 17.9 Å². The Morgan fingerprint density at radius 1 is 1.32 bits per heavy atom. The lowest BCUT2D eigenvalue weighted by molar-refractivity contribution is 0.0163. The van der Waals surface area contributed by atoms with Gasteiger partial charge in [0.25, 0.3) is 0 Å². The lowest BCUT2D eigenvalue weighted by Gasteiger charge is -2.33. The number of ether oxygens (including phenoxy) is 1. The van der Waals surface area contributed by atoms with E-state index >= 15 is 0 Å². The fourth-order valence-electron chi connectivity index (χ4n) is 3.51. The molecular formula is C18H26N2O2. The Bertz CT molecular complexity index is 547. The van der Waals surface area contributed by atoms with Crippen LogP contribution in [0.2, 0.25) is 0 Å². The quantitative estimate of drug-likeness (QED) is 0.851. The van der Waals surface area contributed by atoms with Crippen LogP contribution < -0.4 is 5.73 Å². The van der Waals surface area contributed by atoms with Gasteiger partial charge < -0.3 is 15.4 Å². The molecule has 3 atom stereocenters. The minimum absolute atomic E-state index is 0.147. The summed E-state index contributed by atoms with van der Waals surface area (Å²) in [6.07, 6.45) is 3.12. The lowest BCUT2D eigenvalue weighted by Crippen LogP contribution is -2.43. The van der Waals surface area contributed by atoms with Gasteiger partial charge in [0, 0.05) is 18.3 Å². The van der Waals surface area contributed by atoms with E-state index in [2.05, 4.69) is 12.1 Å². The second-order valence-electron chi connectivity index (χ2n) is 7.64. The molecule has 0 aromatic heterocycles. The van der Waals surface area contributed by atoms with Crippen LogP contribution in [0.1, 0.15) is 39.2 Å². The molecule has 1 aliphatic heterocycles. The van der Waals surface area contributed by atoms with E-state index in [4.69, 9.17) is 10.5 Å². The fraction of sp³-hybridized carbons (Fsp3) is 0.611. The van der Waals surface area contributed by atoms with Crippen molar-refractivity contribution < 1.29 is 9.53 Å². The molecule has 0 radical (unpaired) electrons. The SMILES string of the molecule is CC(C)(C)OC(=O)N1CCC(Cc2ccc(N)cc2)C2CC21. The number of anilines is 1.